The zero-order chi connectivity index (χ0) is 14.7. The van der Waals surface area contributed by atoms with Crippen molar-refractivity contribution in [2.24, 2.45) is 0 Å². The fraction of sp³-hybridized carbons (Fsp3) is 0.778. The van der Waals surface area contributed by atoms with Crippen LogP contribution in [0.5, 0.6) is 0 Å². The molecule has 0 saturated carbocycles. The summed E-state index contributed by atoms with van der Waals surface area (Å²) in [6, 6.07) is 3.68. The minimum absolute atomic E-state index is 0.966. The van der Waals surface area contributed by atoms with Crippen molar-refractivity contribution >= 4 is 8.32 Å². The largest absolute Gasteiger partial charge is 0.547 e. The van der Waals surface area contributed by atoms with E-state index in [0.29, 0.717) is 0 Å². The molecule has 0 unspecified atom stereocenters. The van der Waals surface area contributed by atoms with E-state index in [-0.39, 0.29) is 0 Å². The molecule has 114 valence electrons. The van der Waals surface area contributed by atoms with E-state index in [2.05, 4.69) is 38.7 Å². The monoisotopic (exact) mass is 292 g/mol. The molecule has 0 aromatic rings. The lowest BCUT2D eigenvalue weighted by Crippen LogP contribution is -2.35. The summed E-state index contributed by atoms with van der Waals surface area (Å²) in [5.41, 5.74) is 0. The van der Waals surface area contributed by atoms with Crippen LogP contribution in [0.4, 0.5) is 0 Å². The van der Waals surface area contributed by atoms with Crippen LogP contribution in [-0.2, 0) is 4.43 Å². The van der Waals surface area contributed by atoms with Gasteiger partial charge in [-0.1, -0.05) is 33.6 Å². The summed E-state index contributed by atoms with van der Waals surface area (Å²) in [5.74, 6) is 7.87. The van der Waals surface area contributed by atoms with Crippen LogP contribution in [0.15, 0.2) is 11.8 Å². The fourth-order valence-electron chi connectivity index (χ4n) is 2.78. The molecule has 0 aromatic heterocycles. The van der Waals surface area contributed by atoms with Gasteiger partial charge in [-0.25, -0.2) is 0 Å². The van der Waals surface area contributed by atoms with Crippen molar-refractivity contribution in [2.75, 3.05) is 0 Å². The van der Waals surface area contributed by atoms with Crippen LogP contribution in [0.25, 0.3) is 0 Å². The van der Waals surface area contributed by atoms with Gasteiger partial charge in [0.25, 0.3) is 0 Å². The Hall–Kier alpha value is -0.683. The van der Waals surface area contributed by atoms with Gasteiger partial charge in [0.1, 0.15) is 0 Å². The van der Waals surface area contributed by atoms with E-state index >= 15 is 0 Å². The Morgan fingerprint density at radius 3 is 2.30 bits per heavy atom. The molecule has 0 spiro atoms. The van der Waals surface area contributed by atoms with E-state index in [9.17, 15) is 0 Å². The number of hydrogen-bond donors (Lipinski definition) is 0. The van der Waals surface area contributed by atoms with E-state index in [1.807, 2.05) is 0 Å². The third kappa shape index (κ3) is 6.18. The van der Waals surface area contributed by atoms with E-state index in [4.69, 9.17) is 4.43 Å². The second-order valence-corrected chi connectivity index (χ2v) is 10.5. The maximum Gasteiger partial charge on any atom is 0.250 e. The lowest BCUT2D eigenvalue weighted by Gasteiger charge is -2.30. The second-order valence-electron chi connectivity index (χ2n) is 5.82. The molecule has 0 fully saturated rings. The third-order valence-corrected chi connectivity index (χ3v) is 9.09. The summed E-state index contributed by atoms with van der Waals surface area (Å²) in [6.07, 6.45) is 11.9. The molecule has 0 radical (unpaired) electrons. The molecule has 0 aliphatic heterocycles. The van der Waals surface area contributed by atoms with Gasteiger partial charge in [-0.3, -0.25) is 0 Å². The summed E-state index contributed by atoms with van der Waals surface area (Å²) >= 11 is 0. The van der Waals surface area contributed by atoms with Crippen molar-refractivity contribution in [2.45, 2.75) is 90.3 Å². The average Bonchev–Trinajstić information content (AvgIpc) is 2.47. The zero-order valence-corrected chi connectivity index (χ0v) is 14.8. The average molecular weight is 293 g/mol. The summed E-state index contributed by atoms with van der Waals surface area (Å²) in [4.78, 5) is 0. The Morgan fingerprint density at radius 2 is 1.60 bits per heavy atom. The van der Waals surface area contributed by atoms with E-state index in [0.717, 1.165) is 19.3 Å². The Bertz CT molecular complexity index is 336. The predicted octanol–water partition coefficient (Wildman–Crippen LogP) is 6.03. The van der Waals surface area contributed by atoms with Crippen molar-refractivity contribution in [1.82, 2.24) is 0 Å². The molecule has 0 bridgehead atoms. The third-order valence-electron chi connectivity index (χ3n) is 4.53. The number of hydrogen-bond acceptors (Lipinski definition) is 1. The molecule has 1 aliphatic rings. The smallest absolute Gasteiger partial charge is 0.250 e. The summed E-state index contributed by atoms with van der Waals surface area (Å²) in [6.45, 7) is 6.90. The van der Waals surface area contributed by atoms with Crippen molar-refractivity contribution in [3.05, 3.63) is 11.8 Å². The van der Waals surface area contributed by atoms with Crippen LogP contribution in [0, 0.1) is 11.8 Å². The van der Waals surface area contributed by atoms with Gasteiger partial charge in [0.2, 0.25) is 8.32 Å². The van der Waals surface area contributed by atoms with Gasteiger partial charge in [-0.2, -0.15) is 0 Å². The van der Waals surface area contributed by atoms with Crippen molar-refractivity contribution in [1.29, 1.82) is 0 Å². The summed E-state index contributed by atoms with van der Waals surface area (Å²) in [5, 5.41) is 0. The summed E-state index contributed by atoms with van der Waals surface area (Å²) < 4.78 is 6.56. The first-order chi connectivity index (χ1) is 9.76. The number of rotatable bonds is 5. The Morgan fingerprint density at radius 1 is 0.950 bits per heavy atom. The lowest BCUT2D eigenvalue weighted by atomic mass is 10.1. The highest BCUT2D eigenvalue weighted by Gasteiger charge is 2.31. The Kier molecular flexibility index (Phi) is 8.77. The van der Waals surface area contributed by atoms with Crippen LogP contribution >= 0.6 is 0 Å². The highest BCUT2D eigenvalue weighted by atomic mass is 28.4. The molecule has 0 atom stereocenters. The van der Waals surface area contributed by atoms with Gasteiger partial charge in [0.15, 0.2) is 0 Å². The molecule has 0 aromatic carbocycles. The normalized spacial score (nSPS) is 20.6. The Balaban J connectivity index is 2.68. The first-order valence-electron chi connectivity index (χ1n) is 8.60. The van der Waals surface area contributed by atoms with Gasteiger partial charge in [-0.05, 0) is 43.5 Å². The molecule has 20 heavy (non-hydrogen) atoms. The van der Waals surface area contributed by atoms with Crippen LogP contribution in [0.3, 0.4) is 0 Å². The van der Waals surface area contributed by atoms with Crippen molar-refractivity contribution < 1.29 is 4.43 Å². The van der Waals surface area contributed by atoms with Gasteiger partial charge >= 0.3 is 0 Å². The van der Waals surface area contributed by atoms with Crippen molar-refractivity contribution in [3.8, 4) is 11.8 Å². The van der Waals surface area contributed by atoms with E-state index in [1.165, 1.54) is 56.0 Å². The minimum Gasteiger partial charge on any atom is -0.547 e. The Labute approximate surface area is 127 Å². The molecule has 1 nitrogen and oxygen atoms in total. The molecule has 0 heterocycles. The minimum atomic E-state index is -1.51. The van der Waals surface area contributed by atoms with E-state index < -0.39 is 8.32 Å². The molecule has 0 amide bonds. The molecular weight excluding hydrogens is 260 g/mol. The van der Waals surface area contributed by atoms with Crippen molar-refractivity contribution in [3.63, 3.8) is 0 Å². The summed E-state index contributed by atoms with van der Waals surface area (Å²) in [7, 11) is -1.51. The van der Waals surface area contributed by atoms with Crippen LogP contribution < -0.4 is 0 Å². The van der Waals surface area contributed by atoms with Gasteiger partial charge in [-0.15, -0.1) is 11.8 Å². The first kappa shape index (κ1) is 17.4. The van der Waals surface area contributed by atoms with E-state index in [1.54, 1.807) is 0 Å². The van der Waals surface area contributed by atoms with Crippen LogP contribution in [0.2, 0.25) is 18.1 Å². The van der Waals surface area contributed by atoms with Gasteiger partial charge < -0.3 is 4.43 Å². The molecular formula is C18H32OSi. The van der Waals surface area contributed by atoms with Crippen LogP contribution in [0.1, 0.15) is 72.1 Å². The maximum absolute atomic E-state index is 6.56. The number of allylic oxidation sites excluding steroid dienone is 2. The molecule has 2 heteroatoms. The first-order valence-corrected chi connectivity index (χ1v) is 11.1. The SMILES string of the molecule is CC[Si](CC)(CC)O/C1=C/CCCCCCC#CCC1. The maximum atomic E-state index is 6.56. The van der Waals surface area contributed by atoms with Gasteiger partial charge in [0.05, 0.1) is 5.76 Å². The highest BCUT2D eigenvalue weighted by molar-refractivity contribution is 6.73. The fourth-order valence-corrected chi connectivity index (χ4v) is 5.45. The molecule has 1 aliphatic carbocycles. The van der Waals surface area contributed by atoms with Crippen LogP contribution in [-0.4, -0.2) is 8.32 Å². The highest BCUT2D eigenvalue weighted by Crippen LogP contribution is 2.27. The lowest BCUT2D eigenvalue weighted by molar-refractivity contribution is 0.382. The quantitative estimate of drug-likeness (QED) is 0.444. The molecule has 0 N–H and O–H groups in total. The second kappa shape index (κ2) is 10.1. The zero-order valence-electron chi connectivity index (χ0n) is 13.8. The van der Waals surface area contributed by atoms with Gasteiger partial charge in [0, 0.05) is 19.3 Å². The topological polar surface area (TPSA) is 9.23 Å². The predicted molar refractivity (Wildman–Crippen MR) is 91.1 cm³/mol. The molecule has 1 rings (SSSR count). The molecule has 0 saturated heterocycles. The standard InChI is InChI=1S/C18H32OSi/c1-4-20(5-2,6-3)19-18-16-14-12-10-8-7-9-11-13-15-17-18/h16H,4-10,12,14-15,17H2,1-3H3/b18-16+.